The summed E-state index contributed by atoms with van der Waals surface area (Å²) in [4.78, 5) is 30.7. The zero-order chi connectivity index (χ0) is 18.9. The Balaban J connectivity index is 1.84. The summed E-state index contributed by atoms with van der Waals surface area (Å²) in [5.74, 6) is 0.789. The molecule has 7 nitrogen and oxygen atoms in total. The number of carbonyl (C=O) groups excluding carboxylic acids is 2. The molecule has 7 heteroatoms. The molecule has 2 rings (SSSR count). The Kier molecular flexibility index (Phi) is 8.19. The molecule has 1 aliphatic heterocycles. The van der Waals surface area contributed by atoms with Crippen molar-refractivity contribution in [2.45, 2.75) is 58.4 Å². The van der Waals surface area contributed by atoms with E-state index in [4.69, 9.17) is 4.74 Å². The second-order valence-corrected chi connectivity index (χ2v) is 7.40. The van der Waals surface area contributed by atoms with E-state index in [2.05, 4.69) is 27.4 Å². The summed E-state index contributed by atoms with van der Waals surface area (Å²) in [5.41, 5.74) is 0. The van der Waals surface area contributed by atoms with Crippen LogP contribution in [0.4, 0.5) is 0 Å². The fraction of sp³-hybridized carbons (Fsp3) is 0.842. The molecule has 0 radical (unpaired) electrons. The lowest BCUT2D eigenvalue weighted by molar-refractivity contribution is -0.146. The van der Waals surface area contributed by atoms with Crippen molar-refractivity contribution in [3.63, 3.8) is 0 Å². The Morgan fingerprint density at radius 2 is 1.92 bits per heavy atom. The number of methoxy groups -OCH3 is 1. The minimum absolute atomic E-state index is 0.0822. The van der Waals surface area contributed by atoms with Crippen LogP contribution in [0.1, 0.15) is 52.4 Å². The van der Waals surface area contributed by atoms with Crippen LogP contribution in [0.25, 0.3) is 0 Å². The van der Waals surface area contributed by atoms with Gasteiger partial charge in [0.05, 0.1) is 19.6 Å². The number of esters is 1. The molecule has 2 unspecified atom stereocenters. The standard InChI is InChI=1S/C19H34N4O3/c1-4-20-19(23-12-14(2)16(13-23)18(25)26-3)21-11-10-17(24)22-15-8-6-5-7-9-15/h14-16H,4-13H2,1-3H3,(H,20,21)(H,22,24). The maximum Gasteiger partial charge on any atom is 0.310 e. The number of nitrogens with zero attached hydrogens (tertiary/aromatic N) is 2. The van der Waals surface area contributed by atoms with E-state index in [0.29, 0.717) is 25.6 Å². The number of hydrogen-bond donors (Lipinski definition) is 2. The largest absolute Gasteiger partial charge is 0.469 e. The molecule has 1 saturated carbocycles. The summed E-state index contributed by atoms with van der Waals surface area (Å²) in [6, 6.07) is 0.341. The predicted molar refractivity (Wildman–Crippen MR) is 102 cm³/mol. The summed E-state index contributed by atoms with van der Waals surface area (Å²) in [7, 11) is 1.43. The van der Waals surface area contributed by atoms with Crippen LogP contribution in [0.5, 0.6) is 0 Å². The number of likely N-dealkylation sites (tertiary alicyclic amines) is 1. The van der Waals surface area contributed by atoms with Gasteiger partial charge in [0.15, 0.2) is 5.96 Å². The Hall–Kier alpha value is -1.79. The van der Waals surface area contributed by atoms with Gasteiger partial charge >= 0.3 is 5.97 Å². The first kappa shape index (κ1) is 20.5. The van der Waals surface area contributed by atoms with Gasteiger partial charge in [0.2, 0.25) is 5.91 Å². The maximum atomic E-state index is 12.1. The van der Waals surface area contributed by atoms with Gasteiger partial charge in [-0.25, -0.2) is 0 Å². The van der Waals surface area contributed by atoms with Gasteiger partial charge in [-0.2, -0.15) is 0 Å². The molecule has 148 valence electrons. The monoisotopic (exact) mass is 366 g/mol. The molecule has 1 amide bonds. The van der Waals surface area contributed by atoms with Crippen molar-refractivity contribution in [1.82, 2.24) is 15.5 Å². The molecule has 0 bridgehead atoms. The Bertz CT molecular complexity index is 503. The van der Waals surface area contributed by atoms with E-state index >= 15 is 0 Å². The van der Waals surface area contributed by atoms with E-state index in [-0.39, 0.29) is 23.7 Å². The lowest BCUT2D eigenvalue weighted by atomic mass is 9.95. The molecule has 1 aliphatic carbocycles. The summed E-state index contributed by atoms with van der Waals surface area (Å²) in [6.45, 7) is 6.65. The number of hydrogen-bond acceptors (Lipinski definition) is 4. The molecule has 1 heterocycles. The second-order valence-electron chi connectivity index (χ2n) is 7.40. The highest BCUT2D eigenvalue weighted by Crippen LogP contribution is 2.24. The van der Waals surface area contributed by atoms with Crippen molar-refractivity contribution >= 4 is 17.8 Å². The van der Waals surface area contributed by atoms with Gasteiger partial charge in [-0.3, -0.25) is 14.6 Å². The van der Waals surface area contributed by atoms with Crippen molar-refractivity contribution in [3.8, 4) is 0 Å². The Morgan fingerprint density at radius 3 is 2.58 bits per heavy atom. The maximum absolute atomic E-state index is 12.1. The van der Waals surface area contributed by atoms with Crippen molar-refractivity contribution in [2.75, 3.05) is 33.3 Å². The van der Waals surface area contributed by atoms with E-state index in [0.717, 1.165) is 31.9 Å². The first-order valence-corrected chi connectivity index (χ1v) is 9.95. The molecule has 2 fully saturated rings. The minimum Gasteiger partial charge on any atom is -0.469 e. The number of carbonyl (C=O) groups is 2. The van der Waals surface area contributed by atoms with Crippen LogP contribution < -0.4 is 10.6 Å². The molecule has 0 aromatic carbocycles. The lowest BCUT2D eigenvalue weighted by Crippen LogP contribution is -2.41. The van der Waals surface area contributed by atoms with Crippen molar-refractivity contribution < 1.29 is 14.3 Å². The molecule has 0 spiro atoms. The number of nitrogens with one attached hydrogen (secondary N) is 2. The highest BCUT2D eigenvalue weighted by molar-refractivity contribution is 5.83. The van der Waals surface area contributed by atoms with Crippen LogP contribution in [-0.4, -0.2) is 62.1 Å². The minimum atomic E-state index is -0.164. The molecule has 1 saturated heterocycles. The lowest BCUT2D eigenvalue weighted by Gasteiger charge is -2.23. The van der Waals surface area contributed by atoms with E-state index in [1.54, 1.807) is 0 Å². The smallest absolute Gasteiger partial charge is 0.310 e. The summed E-state index contributed by atoms with van der Waals surface area (Å²) in [5, 5.41) is 6.40. The van der Waals surface area contributed by atoms with Crippen LogP contribution >= 0.6 is 0 Å². The van der Waals surface area contributed by atoms with Gasteiger partial charge in [-0.15, -0.1) is 0 Å². The molecule has 0 aromatic heterocycles. The van der Waals surface area contributed by atoms with E-state index < -0.39 is 0 Å². The van der Waals surface area contributed by atoms with Crippen molar-refractivity contribution in [1.29, 1.82) is 0 Å². The van der Waals surface area contributed by atoms with Gasteiger partial charge in [0.1, 0.15) is 0 Å². The molecule has 0 aromatic rings. The zero-order valence-corrected chi connectivity index (χ0v) is 16.4. The van der Waals surface area contributed by atoms with Gasteiger partial charge in [-0.05, 0) is 25.7 Å². The normalized spacial score (nSPS) is 24.4. The third kappa shape index (κ3) is 5.88. The van der Waals surface area contributed by atoms with Gasteiger partial charge < -0.3 is 20.3 Å². The highest BCUT2D eigenvalue weighted by Gasteiger charge is 2.36. The fourth-order valence-electron chi connectivity index (χ4n) is 3.83. The van der Waals surface area contributed by atoms with Crippen LogP contribution in [-0.2, 0) is 14.3 Å². The molecular weight excluding hydrogens is 332 g/mol. The third-order valence-electron chi connectivity index (χ3n) is 5.32. The summed E-state index contributed by atoms with van der Waals surface area (Å²) in [6.07, 6.45) is 6.29. The van der Waals surface area contributed by atoms with E-state index in [9.17, 15) is 9.59 Å². The Labute approximate surface area is 156 Å². The van der Waals surface area contributed by atoms with Crippen molar-refractivity contribution in [2.24, 2.45) is 16.8 Å². The number of guanidine groups is 1. The number of rotatable bonds is 6. The molecular formula is C19H34N4O3. The topological polar surface area (TPSA) is 83.0 Å². The van der Waals surface area contributed by atoms with Crippen LogP contribution in [0, 0.1) is 11.8 Å². The molecule has 2 N–H and O–H groups in total. The molecule has 2 atom stereocenters. The highest BCUT2D eigenvalue weighted by atomic mass is 16.5. The van der Waals surface area contributed by atoms with Gasteiger partial charge in [0, 0.05) is 32.1 Å². The summed E-state index contributed by atoms with van der Waals surface area (Å²) >= 11 is 0. The van der Waals surface area contributed by atoms with E-state index in [1.807, 2.05) is 6.92 Å². The number of ether oxygens (including phenoxy) is 1. The third-order valence-corrected chi connectivity index (χ3v) is 5.32. The second kappa shape index (κ2) is 10.4. The van der Waals surface area contributed by atoms with Gasteiger partial charge in [-0.1, -0.05) is 26.2 Å². The predicted octanol–water partition coefficient (Wildman–Crippen LogP) is 1.53. The molecule has 26 heavy (non-hydrogen) atoms. The first-order chi connectivity index (χ1) is 12.5. The summed E-state index contributed by atoms with van der Waals surface area (Å²) < 4.78 is 4.90. The average molecular weight is 367 g/mol. The average Bonchev–Trinajstić information content (AvgIpc) is 3.03. The fourth-order valence-corrected chi connectivity index (χ4v) is 3.83. The van der Waals surface area contributed by atoms with Crippen molar-refractivity contribution in [3.05, 3.63) is 0 Å². The van der Waals surface area contributed by atoms with E-state index in [1.165, 1.54) is 26.4 Å². The Morgan fingerprint density at radius 1 is 1.19 bits per heavy atom. The quantitative estimate of drug-likeness (QED) is 0.423. The number of amides is 1. The number of aliphatic imine (C=N–C) groups is 1. The van der Waals surface area contributed by atoms with Crippen LogP contribution in [0.3, 0.4) is 0 Å². The first-order valence-electron chi connectivity index (χ1n) is 9.95. The van der Waals surface area contributed by atoms with Gasteiger partial charge in [0.25, 0.3) is 0 Å². The SMILES string of the molecule is CCNC(=NCCC(=O)NC1CCCCC1)N1CC(C)C(C(=O)OC)C1. The van der Waals surface area contributed by atoms with Crippen LogP contribution in [0.15, 0.2) is 4.99 Å². The molecule has 2 aliphatic rings. The zero-order valence-electron chi connectivity index (χ0n) is 16.4. The van der Waals surface area contributed by atoms with Crippen LogP contribution in [0.2, 0.25) is 0 Å².